The van der Waals surface area contributed by atoms with Crippen LogP contribution in [0.15, 0.2) is 48.5 Å². The second-order valence-corrected chi connectivity index (χ2v) is 13.0. The van der Waals surface area contributed by atoms with Crippen molar-refractivity contribution in [2.24, 2.45) is 0 Å². The summed E-state index contributed by atoms with van der Waals surface area (Å²) in [6.07, 6.45) is 21.5. The molecule has 0 spiro atoms. The molecular formula is C42H48N2O6. The minimum atomic E-state index is -0.389. The molecule has 3 aromatic rings. The number of fused-ring (bicyclic) bond motifs is 2. The number of benzene rings is 3. The van der Waals surface area contributed by atoms with Crippen LogP contribution < -0.4 is 20.1 Å². The molecule has 2 N–H and O–H groups in total. The third kappa shape index (κ3) is 9.59. The average Bonchev–Trinajstić information content (AvgIpc) is 3.57. The molecule has 8 heteroatoms. The summed E-state index contributed by atoms with van der Waals surface area (Å²) in [5, 5.41) is 4.70. The molecule has 0 saturated heterocycles. The van der Waals surface area contributed by atoms with E-state index in [1.807, 2.05) is 48.6 Å². The number of carbonyl (C=O) groups is 4. The van der Waals surface area contributed by atoms with E-state index in [1.54, 1.807) is 24.3 Å². The average molecular weight is 677 g/mol. The normalized spacial score (nSPS) is 13.6. The van der Waals surface area contributed by atoms with E-state index in [0.717, 1.165) is 47.9 Å². The van der Waals surface area contributed by atoms with Crippen LogP contribution in [0.25, 0.3) is 24.3 Å². The van der Waals surface area contributed by atoms with Crippen LogP contribution in [0.4, 0.5) is 0 Å². The van der Waals surface area contributed by atoms with Crippen LogP contribution in [0.1, 0.15) is 155 Å². The fourth-order valence-electron chi connectivity index (χ4n) is 6.18. The lowest BCUT2D eigenvalue weighted by molar-refractivity contribution is 0.0863. The fourth-order valence-corrected chi connectivity index (χ4v) is 6.18. The Kier molecular flexibility index (Phi) is 13.2. The van der Waals surface area contributed by atoms with Gasteiger partial charge in [-0.2, -0.15) is 0 Å². The highest BCUT2D eigenvalue weighted by Crippen LogP contribution is 2.33. The zero-order chi connectivity index (χ0) is 35.3. The Morgan fingerprint density at radius 1 is 0.460 bits per heavy atom. The molecule has 0 fully saturated rings. The van der Waals surface area contributed by atoms with Gasteiger partial charge >= 0.3 is 0 Å². The molecule has 0 radical (unpaired) electrons. The van der Waals surface area contributed by atoms with Gasteiger partial charge in [-0.15, -0.1) is 0 Å². The van der Waals surface area contributed by atoms with Crippen molar-refractivity contribution in [1.29, 1.82) is 0 Å². The Hall–Kier alpha value is -4.98. The monoisotopic (exact) mass is 676 g/mol. The second-order valence-electron chi connectivity index (χ2n) is 13.0. The lowest BCUT2D eigenvalue weighted by Crippen LogP contribution is -2.19. The molecule has 5 rings (SSSR count). The molecule has 0 bridgehead atoms. The van der Waals surface area contributed by atoms with E-state index >= 15 is 0 Å². The molecule has 0 aliphatic carbocycles. The van der Waals surface area contributed by atoms with Crippen LogP contribution in [0.5, 0.6) is 11.5 Å². The standard InChI is InChI=1S/C42H48N2O6/c1-3-5-7-9-11-13-23-49-37-27-32(20-16-30-18-22-34-36(26-30)42(48)44-40(34)46)38(50-24-14-12-10-8-6-4-2)28-31(37)19-15-29-17-21-33-35(25-29)41(47)43-39(33)45/h15-22,25-28H,3-14,23-24H2,1-2H3,(H,43,45,47)(H,44,46,48)/b19-15+,20-16+. The highest BCUT2D eigenvalue weighted by atomic mass is 16.5. The van der Waals surface area contributed by atoms with Crippen LogP contribution in [0.2, 0.25) is 0 Å². The maximum atomic E-state index is 12.3. The smallest absolute Gasteiger partial charge is 0.258 e. The van der Waals surface area contributed by atoms with Gasteiger partial charge in [-0.3, -0.25) is 29.8 Å². The summed E-state index contributed by atoms with van der Waals surface area (Å²) in [5.74, 6) is -0.124. The van der Waals surface area contributed by atoms with E-state index in [1.165, 1.54) is 51.4 Å². The number of hydrogen-bond acceptors (Lipinski definition) is 6. The predicted molar refractivity (Wildman–Crippen MR) is 199 cm³/mol. The SMILES string of the molecule is CCCCCCCCOc1cc(/C=C/c2ccc3c(c2)C(=O)NC3=O)c(OCCCCCCCC)cc1/C=C/c1ccc2c(c1)C(=O)NC2=O. The van der Waals surface area contributed by atoms with Crippen LogP contribution in [-0.4, -0.2) is 36.8 Å². The molecule has 0 atom stereocenters. The maximum absolute atomic E-state index is 12.3. The summed E-state index contributed by atoms with van der Waals surface area (Å²) in [7, 11) is 0. The Morgan fingerprint density at radius 3 is 1.26 bits per heavy atom. The molecule has 0 saturated carbocycles. The predicted octanol–water partition coefficient (Wildman–Crippen LogP) is 9.27. The Morgan fingerprint density at radius 2 is 0.840 bits per heavy atom. The molecule has 0 aromatic heterocycles. The topological polar surface area (TPSA) is 111 Å². The molecule has 8 nitrogen and oxygen atoms in total. The van der Waals surface area contributed by atoms with Crippen LogP contribution in [0.3, 0.4) is 0 Å². The lowest BCUT2D eigenvalue weighted by Gasteiger charge is -2.16. The Labute approximate surface area is 295 Å². The summed E-state index contributed by atoms with van der Waals surface area (Å²) in [6.45, 7) is 5.57. The van der Waals surface area contributed by atoms with Gasteiger partial charge in [-0.1, -0.05) is 114 Å². The lowest BCUT2D eigenvalue weighted by atomic mass is 10.0. The molecule has 2 heterocycles. The number of carbonyl (C=O) groups excluding carboxylic acids is 4. The van der Waals surface area contributed by atoms with Crippen LogP contribution >= 0.6 is 0 Å². The highest BCUT2D eigenvalue weighted by Gasteiger charge is 2.27. The number of rotatable bonds is 20. The molecule has 50 heavy (non-hydrogen) atoms. The first-order valence-electron chi connectivity index (χ1n) is 18.2. The van der Waals surface area contributed by atoms with Crippen molar-refractivity contribution in [2.45, 2.75) is 90.9 Å². The number of hydrogen-bond donors (Lipinski definition) is 2. The Bertz CT molecular complexity index is 1640. The minimum absolute atomic E-state index is 0.369. The van der Waals surface area contributed by atoms with E-state index in [4.69, 9.17) is 9.47 Å². The number of unbranched alkanes of at least 4 members (excludes halogenated alkanes) is 10. The van der Waals surface area contributed by atoms with Gasteiger partial charge < -0.3 is 9.47 Å². The van der Waals surface area contributed by atoms with Gasteiger partial charge in [-0.25, -0.2) is 0 Å². The van der Waals surface area contributed by atoms with Gasteiger partial charge in [0.05, 0.1) is 35.5 Å². The summed E-state index contributed by atoms with van der Waals surface area (Å²) >= 11 is 0. The number of imide groups is 2. The Balaban J connectivity index is 1.43. The zero-order valence-corrected chi connectivity index (χ0v) is 29.3. The van der Waals surface area contributed by atoms with Crippen molar-refractivity contribution >= 4 is 47.9 Å². The summed E-state index contributed by atoms with van der Waals surface area (Å²) in [5.41, 5.74) is 4.74. The number of ether oxygens (including phenoxy) is 2. The van der Waals surface area contributed by atoms with Gasteiger partial charge in [0, 0.05) is 11.1 Å². The second kappa shape index (κ2) is 18.1. The third-order valence-electron chi connectivity index (χ3n) is 9.08. The molecule has 262 valence electrons. The van der Waals surface area contributed by atoms with E-state index in [9.17, 15) is 19.2 Å². The van der Waals surface area contributed by atoms with Gasteiger partial charge in [0.15, 0.2) is 0 Å². The van der Waals surface area contributed by atoms with E-state index in [2.05, 4.69) is 24.5 Å². The first-order valence-corrected chi connectivity index (χ1v) is 18.2. The third-order valence-corrected chi connectivity index (χ3v) is 9.08. The van der Waals surface area contributed by atoms with Gasteiger partial charge in [0.2, 0.25) is 0 Å². The van der Waals surface area contributed by atoms with Crippen molar-refractivity contribution in [3.63, 3.8) is 0 Å². The van der Waals surface area contributed by atoms with Gasteiger partial charge in [-0.05, 0) is 60.4 Å². The zero-order valence-electron chi connectivity index (χ0n) is 29.3. The van der Waals surface area contributed by atoms with Crippen molar-refractivity contribution in [2.75, 3.05) is 13.2 Å². The molecule has 0 unspecified atom stereocenters. The fraction of sp³-hybridized carbons (Fsp3) is 0.381. The first kappa shape index (κ1) is 36.3. The van der Waals surface area contributed by atoms with E-state index in [-0.39, 0.29) is 23.6 Å². The van der Waals surface area contributed by atoms with E-state index in [0.29, 0.717) is 47.0 Å². The largest absolute Gasteiger partial charge is 0.493 e. The maximum Gasteiger partial charge on any atom is 0.258 e. The summed E-state index contributed by atoms with van der Waals surface area (Å²) < 4.78 is 12.8. The van der Waals surface area contributed by atoms with Crippen molar-refractivity contribution in [3.05, 3.63) is 93.0 Å². The van der Waals surface area contributed by atoms with Crippen LogP contribution in [-0.2, 0) is 0 Å². The summed E-state index contributed by atoms with van der Waals surface area (Å²) in [4.78, 5) is 48.7. The van der Waals surface area contributed by atoms with Crippen LogP contribution in [0, 0.1) is 0 Å². The van der Waals surface area contributed by atoms with Crippen molar-refractivity contribution < 1.29 is 28.7 Å². The van der Waals surface area contributed by atoms with Gasteiger partial charge in [0.25, 0.3) is 23.6 Å². The summed E-state index contributed by atoms with van der Waals surface area (Å²) in [6, 6.07) is 14.4. The molecule has 2 aliphatic rings. The van der Waals surface area contributed by atoms with Crippen molar-refractivity contribution in [1.82, 2.24) is 10.6 Å². The minimum Gasteiger partial charge on any atom is -0.493 e. The number of amides is 4. The number of nitrogens with one attached hydrogen (secondary N) is 2. The highest BCUT2D eigenvalue weighted by molar-refractivity contribution is 6.22. The van der Waals surface area contributed by atoms with Gasteiger partial charge in [0.1, 0.15) is 11.5 Å². The molecule has 2 aliphatic heterocycles. The van der Waals surface area contributed by atoms with E-state index < -0.39 is 0 Å². The van der Waals surface area contributed by atoms with Crippen molar-refractivity contribution in [3.8, 4) is 11.5 Å². The quantitative estimate of drug-likeness (QED) is 0.0701. The first-order chi connectivity index (χ1) is 24.4. The molecular weight excluding hydrogens is 628 g/mol. The molecule has 4 amide bonds. The molecule has 3 aromatic carbocycles.